The zero-order valence-electron chi connectivity index (χ0n) is 14.8. The number of benzene rings is 2. The molecule has 9 heteroatoms. The molecule has 2 aromatic heterocycles. The van der Waals surface area contributed by atoms with Crippen molar-refractivity contribution in [3.8, 4) is 11.4 Å². The van der Waals surface area contributed by atoms with Crippen LogP contribution in [-0.2, 0) is 6.54 Å². The lowest BCUT2D eigenvalue weighted by molar-refractivity contribution is 0.0947. The van der Waals surface area contributed by atoms with E-state index in [1.165, 1.54) is 35.1 Å². The maximum Gasteiger partial charge on any atom is 0.266 e. The standard InChI is InChI=1S/C20H14ClFN4O3/c21-12-3-1-2-11(8-12)9-23-19(28)16-17(27)15-10-24-26(18(15)25-20(16)29)14-6-4-13(22)5-7-14/h1-8,10H,9H2,(H,23,28)(H2,25,27,29). The highest BCUT2D eigenvalue weighted by Gasteiger charge is 2.21. The summed E-state index contributed by atoms with van der Waals surface area (Å²) in [6, 6.07) is 12.3. The van der Waals surface area contributed by atoms with Gasteiger partial charge in [0, 0.05) is 11.6 Å². The molecule has 0 unspecified atom stereocenters. The van der Waals surface area contributed by atoms with Gasteiger partial charge in [0.05, 0.1) is 17.3 Å². The Morgan fingerprint density at radius 1 is 1.24 bits per heavy atom. The fourth-order valence-electron chi connectivity index (χ4n) is 2.96. The monoisotopic (exact) mass is 412 g/mol. The lowest BCUT2D eigenvalue weighted by atomic mass is 10.1. The van der Waals surface area contributed by atoms with Crippen LogP contribution in [0.2, 0.25) is 5.02 Å². The van der Waals surface area contributed by atoms with Crippen LogP contribution in [-0.4, -0.2) is 25.8 Å². The van der Waals surface area contributed by atoms with Crippen molar-refractivity contribution in [1.29, 1.82) is 0 Å². The second-order valence-electron chi connectivity index (χ2n) is 6.29. The fraction of sp³-hybridized carbons (Fsp3) is 0.0500. The summed E-state index contributed by atoms with van der Waals surface area (Å²) >= 11 is 5.92. The highest BCUT2D eigenvalue weighted by atomic mass is 35.5. The molecular weight excluding hydrogens is 399 g/mol. The van der Waals surface area contributed by atoms with Crippen molar-refractivity contribution in [3.63, 3.8) is 0 Å². The van der Waals surface area contributed by atoms with Gasteiger partial charge < -0.3 is 15.4 Å². The Balaban J connectivity index is 1.68. The zero-order valence-corrected chi connectivity index (χ0v) is 15.6. The van der Waals surface area contributed by atoms with Gasteiger partial charge in [0.15, 0.2) is 0 Å². The first-order valence-corrected chi connectivity index (χ1v) is 8.93. The molecule has 0 fully saturated rings. The van der Waals surface area contributed by atoms with Crippen LogP contribution in [0.4, 0.5) is 4.39 Å². The summed E-state index contributed by atoms with van der Waals surface area (Å²) < 4.78 is 14.5. The number of amides is 1. The number of carbonyl (C=O) groups excluding carboxylic acids is 1. The third-order valence-electron chi connectivity index (χ3n) is 4.36. The number of nitrogens with one attached hydrogen (secondary N) is 2. The van der Waals surface area contributed by atoms with Crippen LogP contribution in [0.5, 0.6) is 5.75 Å². The molecule has 0 aliphatic heterocycles. The van der Waals surface area contributed by atoms with Gasteiger partial charge in [-0.1, -0.05) is 23.7 Å². The number of rotatable bonds is 4. The summed E-state index contributed by atoms with van der Waals surface area (Å²) in [6.45, 7) is 0.130. The second-order valence-corrected chi connectivity index (χ2v) is 6.72. The molecule has 0 saturated heterocycles. The highest BCUT2D eigenvalue weighted by Crippen LogP contribution is 2.26. The SMILES string of the molecule is O=C(NCc1cccc(Cl)c1)c1c(O)c2cnn(-c3ccc(F)cc3)c2[nH]c1=O. The summed E-state index contributed by atoms with van der Waals surface area (Å²) in [5.74, 6) is -1.64. The molecule has 146 valence electrons. The molecule has 2 heterocycles. The number of aromatic amines is 1. The number of hydrogen-bond acceptors (Lipinski definition) is 4. The largest absolute Gasteiger partial charge is 0.506 e. The van der Waals surface area contributed by atoms with Crippen LogP contribution in [0.1, 0.15) is 15.9 Å². The number of fused-ring (bicyclic) bond motifs is 1. The van der Waals surface area contributed by atoms with Gasteiger partial charge in [0.2, 0.25) is 0 Å². The van der Waals surface area contributed by atoms with Crippen LogP contribution >= 0.6 is 11.6 Å². The van der Waals surface area contributed by atoms with E-state index in [1.807, 2.05) is 0 Å². The van der Waals surface area contributed by atoms with Gasteiger partial charge in [-0.2, -0.15) is 5.10 Å². The number of hydrogen-bond donors (Lipinski definition) is 3. The van der Waals surface area contributed by atoms with E-state index in [1.54, 1.807) is 24.3 Å². The molecule has 7 nitrogen and oxygen atoms in total. The van der Waals surface area contributed by atoms with Crippen LogP contribution in [0.25, 0.3) is 16.7 Å². The molecule has 4 rings (SSSR count). The quantitative estimate of drug-likeness (QED) is 0.479. The topological polar surface area (TPSA) is 100 Å². The van der Waals surface area contributed by atoms with Crippen molar-refractivity contribution in [1.82, 2.24) is 20.1 Å². The van der Waals surface area contributed by atoms with E-state index >= 15 is 0 Å². The molecule has 0 saturated carbocycles. The minimum atomic E-state index is -0.776. The molecule has 0 spiro atoms. The van der Waals surface area contributed by atoms with Crippen molar-refractivity contribution in [2.45, 2.75) is 6.54 Å². The predicted octanol–water partition coefficient (Wildman–Crippen LogP) is 3.14. The number of aromatic hydroxyl groups is 1. The van der Waals surface area contributed by atoms with E-state index in [4.69, 9.17) is 11.6 Å². The lowest BCUT2D eigenvalue weighted by Crippen LogP contribution is -2.29. The maximum absolute atomic E-state index is 13.2. The van der Waals surface area contributed by atoms with Crippen molar-refractivity contribution < 1.29 is 14.3 Å². The molecular formula is C20H14ClFN4O3. The molecule has 1 amide bonds. The Morgan fingerprint density at radius 2 is 2.00 bits per heavy atom. The van der Waals surface area contributed by atoms with Crippen molar-refractivity contribution in [2.24, 2.45) is 0 Å². The van der Waals surface area contributed by atoms with E-state index in [2.05, 4.69) is 15.4 Å². The molecule has 0 radical (unpaired) electrons. The highest BCUT2D eigenvalue weighted by molar-refractivity contribution is 6.30. The van der Waals surface area contributed by atoms with E-state index < -0.39 is 28.6 Å². The molecule has 2 aromatic carbocycles. The number of nitrogens with zero attached hydrogens (tertiary/aromatic N) is 2. The van der Waals surface area contributed by atoms with Crippen molar-refractivity contribution in [2.75, 3.05) is 0 Å². The molecule has 0 bridgehead atoms. The smallest absolute Gasteiger partial charge is 0.266 e. The number of halogens is 2. The Labute approximate surface area is 168 Å². The summed E-state index contributed by atoms with van der Waals surface area (Å²) in [7, 11) is 0. The van der Waals surface area contributed by atoms with Gasteiger partial charge in [0.1, 0.15) is 22.8 Å². The van der Waals surface area contributed by atoms with Crippen molar-refractivity contribution >= 4 is 28.5 Å². The minimum absolute atomic E-state index is 0.130. The van der Waals surface area contributed by atoms with Gasteiger partial charge in [-0.05, 0) is 42.0 Å². The third-order valence-corrected chi connectivity index (χ3v) is 4.60. The Hall–Kier alpha value is -3.65. The van der Waals surface area contributed by atoms with Gasteiger partial charge in [-0.25, -0.2) is 9.07 Å². The number of aromatic nitrogens is 3. The third kappa shape index (κ3) is 3.57. The summed E-state index contributed by atoms with van der Waals surface area (Å²) in [6.07, 6.45) is 1.32. The zero-order chi connectivity index (χ0) is 20.5. The molecule has 0 atom stereocenters. The normalized spacial score (nSPS) is 11.0. The second kappa shape index (κ2) is 7.40. The van der Waals surface area contributed by atoms with Crippen LogP contribution in [0, 0.1) is 5.82 Å². The Bertz CT molecular complexity index is 1280. The lowest BCUT2D eigenvalue weighted by Gasteiger charge is -2.08. The number of pyridine rings is 1. The minimum Gasteiger partial charge on any atom is -0.506 e. The summed E-state index contributed by atoms with van der Waals surface area (Å²) in [5, 5.41) is 17.9. The van der Waals surface area contributed by atoms with Gasteiger partial charge in [-0.3, -0.25) is 9.59 Å². The van der Waals surface area contributed by atoms with Crippen LogP contribution in [0.15, 0.2) is 59.5 Å². The molecule has 0 aliphatic carbocycles. The maximum atomic E-state index is 13.2. The first-order valence-electron chi connectivity index (χ1n) is 8.55. The average molecular weight is 413 g/mol. The molecule has 4 aromatic rings. The van der Waals surface area contributed by atoms with Crippen LogP contribution < -0.4 is 10.9 Å². The fourth-order valence-corrected chi connectivity index (χ4v) is 3.17. The number of H-pyrrole nitrogens is 1. The molecule has 3 N–H and O–H groups in total. The summed E-state index contributed by atoms with van der Waals surface area (Å²) in [5.41, 5.74) is 0.215. The van der Waals surface area contributed by atoms with Gasteiger partial charge in [-0.15, -0.1) is 0 Å². The van der Waals surface area contributed by atoms with Crippen molar-refractivity contribution in [3.05, 3.63) is 87.0 Å². The van der Waals surface area contributed by atoms with Gasteiger partial charge in [0.25, 0.3) is 11.5 Å². The van der Waals surface area contributed by atoms with E-state index in [0.717, 1.165) is 5.56 Å². The molecule has 29 heavy (non-hydrogen) atoms. The first-order chi connectivity index (χ1) is 13.9. The number of carbonyl (C=O) groups is 1. The Kier molecular flexibility index (Phi) is 4.77. The van der Waals surface area contributed by atoms with Crippen LogP contribution in [0.3, 0.4) is 0 Å². The molecule has 0 aliphatic rings. The van der Waals surface area contributed by atoms with Gasteiger partial charge >= 0.3 is 0 Å². The first kappa shape index (κ1) is 18.7. The van der Waals surface area contributed by atoms with E-state index in [-0.39, 0.29) is 17.6 Å². The average Bonchev–Trinajstić information content (AvgIpc) is 3.11. The predicted molar refractivity (Wildman–Crippen MR) is 106 cm³/mol. The Morgan fingerprint density at radius 3 is 2.72 bits per heavy atom. The summed E-state index contributed by atoms with van der Waals surface area (Å²) in [4.78, 5) is 27.6. The van der Waals surface area contributed by atoms with E-state index in [9.17, 15) is 19.1 Å². The van der Waals surface area contributed by atoms with E-state index in [0.29, 0.717) is 10.7 Å².